The predicted octanol–water partition coefficient (Wildman–Crippen LogP) is 14.3. The molecule has 0 rings (SSSR count). The molecule has 0 aliphatic carbocycles. The van der Waals surface area contributed by atoms with Crippen molar-refractivity contribution in [3.05, 3.63) is 0 Å². The van der Waals surface area contributed by atoms with Gasteiger partial charge in [-0.3, -0.25) is 4.79 Å². The third-order valence-electron chi connectivity index (χ3n) is 11.1. The summed E-state index contributed by atoms with van der Waals surface area (Å²) in [7, 11) is 1.81. The summed E-state index contributed by atoms with van der Waals surface area (Å²) in [6, 6.07) is 0. The Balaban J connectivity index is 4.24. The fourth-order valence-corrected chi connectivity index (χ4v) is 7.57. The van der Waals surface area contributed by atoms with Crippen molar-refractivity contribution in [2.75, 3.05) is 53.2 Å². The number of hydrogen-bond donors (Lipinski definition) is 0. The Hall–Kier alpha value is -0.650. The highest BCUT2D eigenvalue weighted by atomic mass is 16.5. The topological polar surface area (TPSA) is 48.0 Å². The molecule has 0 radical (unpaired) electrons. The second kappa shape index (κ2) is 43.1. The number of hydrogen-bond acceptors (Lipinski definition) is 5. The smallest absolute Gasteiger partial charge is 0.308 e. The van der Waals surface area contributed by atoms with Gasteiger partial charge in [-0.05, 0) is 76.8 Å². The van der Waals surface area contributed by atoms with Crippen molar-refractivity contribution in [3.8, 4) is 0 Å². The number of rotatable bonds is 44. The first-order valence-electron chi connectivity index (χ1n) is 23.6. The van der Waals surface area contributed by atoms with Gasteiger partial charge in [-0.2, -0.15) is 0 Å². The van der Waals surface area contributed by atoms with Gasteiger partial charge in [0.1, 0.15) is 0 Å². The van der Waals surface area contributed by atoms with E-state index in [9.17, 15) is 4.79 Å². The van der Waals surface area contributed by atoms with Crippen LogP contribution in [0.5, 0.6) is 0 Å². The molecule has 0 aromatic carbocycles. The average molecular weight is 738 g/mol. The number of unbranched alkanes of at least 4 members (excludes halogenated alkanes) is 21. The van der Waals surface area contributed by atoms with Gasteiger partial charge in [-0.15, -0.1) is 0 Å². The highest BCUT2D eigenvalue weighted by Crippen LogP contribution is 2.22. The summed E-state index contributed by atoms with van der Waals surface area (Å²) < 4.78 is 17.4. The molecule has 0 aromatic heterocycles. The zero-order valence-corrected chi connectivity index (χ0v) is 36.3. The number of carbonyl (C=O) groups excluding carboxylic acids is 1. The molecule has 312 valence electrons. The van der Waals surface area contributed by atoms with Crippen molar-refractivity contribution in [1.82, 2.24) is 4.90 Å². The van der Waals surface area contributed by atoms with Crippen LogP contribution in [-0.4, -0.2) is 64.0 Å². The Labute approximate surface area is 327 Å². The van der Waals surface area contributed by atoms with E-state index < -0.39 is 0 Å². The summed E-state index contributed by atoms with van der Waals surface area (Å²) >= 11 is 0. The third-order valence-corrected chi connectivity index (χ3v) is 11.1. The lowest BCUT2D eigenvalue weighted by Crippen LogP contribution is -2.28. The Kier molecular flexibility index (Phi) is 42.5. The van der Waals surface area contributed by atoms with Crippen molar-refractivity contribution in [1.29, 1.82) is 0 Å². The van der Waals surface area contributed by atoms with E-state index in [1.807, 2.05) is 7.11 Å². The molecule has 0 amide bonds. The Morgan fingerprint density at radius 3 is 1.40 bits per heavy atom. The van der Waals surface area contributed by atoms with Gasteiger partial charge >= 0.3 is 5.97 Å². The fraction of sp³-hybridized carbons (Fsp3) is 0.979. The largest absolute Gasteiger partial charge is 0.465 e. The maximum absolute atomic E-state index is 13.0. The molecular formula is C47H95NO4. The Morgan fingerprint density at radius 2 is 0.846 bits per heavy atom. The summed E-state index contributed by atoms with van der Waals surface area (Å²) in [5.41, 5.74) is 0. The van der Waals surface area contributed by atoms with Crippen LogP contribution in [0.15, 0.2) is 0 Å². The third kappa shape index (κ3) is 36.3. The Morgan fingerprint density at radius 1 is 0.442 bits per heavy atom. The molecule has 5 nitrogen and oxygen atoms in total. The minimum atomic E-state index is 0.0797. The number of nitrogens with zero attached hydrogens (tertiary/aromatic N) is 1. The second-order valence-electron chi connectivity index (χ2n) is 16.3. The zero-order chi connectivity index (χ0) is 38.0. The molecule has 0 aliphatic rings. The van der Waals surface area contributed by atoms with E-state index >= 15 is 0 Å². The molecular weight excluding hydrogens is 643 g/mol. The molecule has 0 N–H and O–H groups in total. The van der Waals surface area contributed by atoms with Crippen LogP contribution in [0.4, 0.5) is 0 Å². The number of ether oxygens (including phenoxy) is 3. The number of carbonyl (C=O) groups is 1. The van der Waals surface area contributed by atoms with Crippen LogP contribution < -0.4 is 0 Å². The van der Waals surface area contributed by atoms with Gasteiger partial charge in [0.05, 0.1) is 12.5 Å². The van der Waals surface area contributed by atoms with Crippen LogP contribution in [-0.2, 0) is 19.0 Å². The summed E-state index contributed by atoms with van der Waals surface area (Å²) in [5.74, 6) is 0.963. The molecule has 5 heteroatoms. The van der Waals surface area contributed by atoms with Crippen LogP contribution in [0.3, 0.4) is 0 Å². The molecule has 0 aromatic rings. The predicted molar refractivity (Wildman–Crippen MR) is 228 cm³/mol. The van der Waals surface area contributed by atoms with E-state index in [1.54, 1.807) is 0 Å². The summed E-state index contributed by atoms with van der Waals surface area (Å²) in [6.07, 6.45) is 40.5. The van der Waals surface area contributed by atoms with Gasteiger partial charge in [0.2, 0.25) is 0 Å². The van der Waals surface area contributed by atoms with Gasteiger partial charge < -0.3 is 19.1 Å². The summed E-state index contributed by atoms with van der Waals surface area (Å²) in [4.78, 5) is 15.6. The standard InChI is InChI=1S/C47H95NO4/c1-6-10-14-17-19-26-35-45(34-25-13-9-4)44-51-42-31-23-21-29-38-48(40-33-41-50-5)39-30-22-24-32-43-52-47(49)46(36-27-16-12-8-3)37-28-20-18-15-11-7-2/h45-46H,6-44H2,1-5H3. The van der Waals surface area contributed by atoms with E-state index in [-0.39, 0.29) is 11.9 Å². The van der Waals surface area contributed by atoms with E-state index in [2.05, 4.69) is 32.6 Å². The summed E-state index contributed by atoms with van der Waals surface area (Å²) in [5, 5.41) is 0. The van der Waals surface area contributed by atoms with Gasteiger partial charge in [-0.1, -0.05) is 175 Å². The number of esters is 1. The molecule has 0 fully saturated rings. The van der Waals surface area contributed by atoms with Gasteiger partial charge in [0.25, 0.3) is 0 Å². The molecule has 2 atom stereocenters. The lowest BCUT2D eigenvalue weighted by Gasteiger charge is -2.22. The van der Waals surface area contributed by atoms with Crippen molar-refractivity contribution >= 4 is 5.97 Å². The first-order chi connectivity index (χ1) is 25.6. The van der Waals surface area contributed by atoms with E-state index in [0.717, 1.165) is 70.8 Å². The molecule has 0 bridgehead atoms. The SMILES string of the molecule is CCCCCCCCC(CCCCC)COCCCCCCN(CCCCCCOC(=O)C(CCCCCC)CCCCCCCC)CCCOC. The maximum atomic E-state index is 13.0. The first-order valence-corrected chi connectivity index (χ1v) is 23.6. The molecule has 0 saturated heterocycles. The van der Waals surface area contributed by atoms with Crippen molar-refractivity contribution in [3.63, 3.8) is 0 Å². The minimum absolute atomic E-state index is 0.0797. The van der Waals surface area contributed by atoms with E-state index in [1.165, 1.54) is 180 Å². The first kappa shape index (κ1) is 51.4. The molecule has 0 heterocycles. The monoisotopic (exact) mass is 738 g/mol. The zero-order valence-electron chi connectivity index (χ0n) is 36.3. The summed E-state index contributed by atoms with van der Waals surface area (Å²) in [6.45, 7) is 16.0. The fourth-order valence-electron chi connectivity index (χ4n) is 7.57. The highest BCUT2D eigenvalue weighted by Gasteiger charge is 2.19. The van der Waals surface area contributed by atoms with E-state index in [4.69, 9.17) is 14.2 Å². The van der Waals surface area contributed by atoms with Crippen molar-refractivity contribution in [2.24, 2.45) is 11.8 Å². The molecule has 0 spiro atoms. The molecule has 52 heavy (non-hydrogen) atoms. The van der Waals surface area contributed by atoms with Crippen molar-refractivity contribution in [2.45, 2.75) is 233 Å². The maximum Gasteiger partial charge on any atom is 0.308 e. The quantitative estimate of drug-likeness (QED) is 0.0460. The number of methoxy groups -OCH3 is 1. The van der Waals surface area contributed by atoms with Gasteiger partial charge in [-0.25, -0.2) is 0 Å². The lowest BCUT2D eigenvalue weighted by atomic mass is 9.94. The van der Waals surface area contributed by atoms with Crippen LogP contribution in [0.2, 0.25) is 0 Å². The normalized spacial score (nSPS) is 12.9. The second-order valence-corrected chi connectivity index (χ2v) is 16.3. The molecule has 0 aliphatic heterocycles. The minimum Gasteiger partial charge on any atom is -0.465 e. The van der Waals surface area contributed by atoms with E-state index in [0.29, 0.717) is 6.61 Å². The van der Waals surface area contributed by atoms with Crippen LogP contribution in [0, 0.1) is 11.8 Å². The molecule has 2 unspecified atom stereocenters. The van der Waals surface area contributed by atoms with Gasteiger partial charge in [0, 0.05) is 33.5 Å². The van der Waals surface area contributed by atoms with Crippen LogP contribution in [0.1, 0.15) is 233 Å². The highest BCUT2D eigenvalue weighted by molar-refractivity contribution is 5.72. The lowest BCUT2D eigenvalue weighted by molar-refractivity contribution is -0.149. The Bertz CT molecular complexity index is 688. The molecule has 0 saturated carbocycles. The average Bonchev–Trinajstić information content (AvgIpc) is 3.15. The van der Waals surface area contributed by atoms with Crippen LogP contribution in [0.25, 0.3) is 0 Å². The van der Waals surface area contributed by atoms with Crippen molar-refractivity contribution < 1.29 is 19.0 Å². The van der Waals surface area contributed by atoms with Crippen LogP contribution >= 0.6 is 0 Å². The van der Waals surface area contributed by atoms with Gasteiger partial charge in [0.15, 0.2) is 0 Å².